The third-order valence-corrected chi connectivity index (χ3v) is 3.43. The van der Waals surface area contributed by atoms with Gasteiger partial charge in [0.15, 0.2) is 0 Å². The fourth-order valence-electron chi connectivity index (χ4n) is 2.36. The van der Waals surface area contributed by atoms with Crippen LogP contribution in [-0.4, -0.2) is 37.5 Å². The molecule has 0 aromatic rings. The van der Waals surface area contributed by atoms with Gasteiger partial charge in [-0.15, -0.1) is 0 Å². The number of hydrogen-bond donors (Lipinski definition) is 2. The molecule has 1 saturated carbocycles. The Balaban J connectivity index is 2.23. The number of rotatable bonds is 5. The molecule has 0 bridgehead atoms. The van der Waals surface area contributed by atoms with E-state index in [0.29, 0.717) is 19.2 Å². The molecule has 2 N–H and O–H groups in total. The zero-order valence-corrected chi connectivity index (χ0v) is 10.2. The highest BCUT2D eigenvalue weighted by molar-refractivity contribution is 4.81. The average molecular weight is 215 g/mol. The van der Waals surface area contributed by atoms with Crippen LogP contribution in [0.1, 0.15) is 33.1 Å². The Kier molecular flexibility index (Phi) is 5.58. The lowest BCUT2D eigenvalue weighted by Gasteiger charge is -2.34. The molecule has 0 saturated heterocycles. The first-order valence-corrected chi connectivity index (χ1v) is 6.03. The lowest BCUT2D eigenvalue weighted by Crippen LogP contribution is -2.43. The summed E-state index contributed by atoms with van der Waals surface area (Å²) < 4.78 is 4.90. The molecule has 1 aliphatic rings. The van der Waals surface area contributed by atoms with Crippen molar-refractivity contribution in [3.63, 3.8) is 0 Å². The van der Waals surface area contributed by atoms with Crippen molar-refractivity contribution in [3.05, 3.63) is 0 Å². The summed E-state index contributed by atoms with van der Waals surface area (Å²) in [6.07, 6.45) is 3.51. The maximum Gasteiger partial charge on any atom is 0.0897 e. The third kappa shape index (κ3) is 4.49. The minimum atomic E-state index is -0.376. The molecule has 3 heteroatoms. The van der Waals surface area contributed by atoms with Crippen molar-refractivity contribution >= 4 is 0 Å². The molecule has 1 fully saturated rings. The predicted octanol–water partition coefficient (Wildman–Crippen LogP) is 1.41. The average Bonchev–Trinajstić information content (AvgIpc) is 2.20. The van der Waals surface area contributed by atoms with Crippen molar-refractivity contribution in [3.8, 4) is 0 Å². The number of methoxy groups -OCH3 is 1. The number of aliphatic hydroxyl groups excluding tert-OH is 1. The maximum absolute atomic E-state index is 9.54. The van der Waals surface area contributed by atoms with Gasteiger partial charge in [-0.05, 0) is 24.7 Å². The molecule has 0 amide bonds. The molecular weight excluding hydrogens is 190 g/mol. The van der Waals surface area contributed by atoms with E-state index in [1.54, 1.807) is 7.11 Å². The van der Waals surface area contributed by atoms with Gasteiger partial charge in [0, 0.05) is 19.7 Å². The molecule has 90 valence electrons. The van der Waals surface area contributed by atoms with E-state index in [1.807, 2.05) is 0 Å². The molecule has 3 nitrogen and oxygen atoms in total. The van der Waals surface area contributed by atoms with Crippen LogP contribution in [0.3, 0.4) is 0 Å². The van der Waals surface area contributed by atoms with Crippen LogP contribution >= 0.6 is 0 Å². The van der Waals surface area contributed by atoms with Gasteiger partial charge in [0.2, 0.25) is 0 Å². The van der Waals surface area contributed by atoms with E-state index >= 15 is 0 Å². The van der Waals surface area contributed by atoms with Gasteiger partial charge < -0.3 is 15.2 Å². The van der Waals surface area contributed by atoms with Crippen molar-refractivity contribution in [2.24, 2.45) is 11.8 Å². The van der Waals surface area contributed by atoms with E-state index in [1.165, 1.54) is 19.3 Å². The number of aliphatic hydroxyl groups is 1. The molecule has 4 atom stereocenters. The van der Waals surface area contributed by atoms with Gasteiger partial charge in [-0.3, -0.25) is 0 Å². The van der Waals surface area contributed by atoms with Gasteiger partial charge in [-0.2, -0.15) is 0 Å². The van der Waals surface area contributed by atoms with Crippen molar-refractivity contribution in [2.75, 3.05) is 20.3 Å². The van der Waals surface area contributed by atoms with E-state index in [2.05, 4.69) is 19.2 Å². The lowest BCUT2D eigenvalue weighted by atomic mass is 9.80. The van der Waals surface area contributed by atoms with Crippen LogP contribution in [-0.2, 0) is 4.74 Å². The zero-order chi connectivity index (χ0) is 11.3. The maximum atomic E-state index is 9.54. The Bertz CT molecular complexity index is 175. The highest BCUT2D eigenvalue weighted by Crippen LogP contribution is 2.28. The summed E-state index contributed by atoms with van der Waals surface area (Å²) in [6, 6.07) is 0.570. The first-order valence-electron chi connectivity index (χ1n) is 6.03. The van der Waals surface area contributed by atoms with Crippen LogP contribution in [0.15, 0.2) is 0 Å². The summed E-state index contributed by atoms with van der Waals surface area (Å²) in [5, 5.41) is 13.0. The molecule has 0 heterocycles. The van der Waals surface area contributed by atoms with Crippen LogP contribution in [0, 0.1) is 11.8 Å². The van der Waals surface area contributed by atoms with Gasteiger partial charge in [-0.25, -0.2) is 0 Å². The first kappa shape index (κ1) is 12.9. The zero-order valence-electron chi connectivity index (χ0n) is 10.2. The number of nitrogens with one attached hydrogen (secondary N) is 1. The smallest absolute Gasteiger partial charge is 0.0897 e. The molecule has 1 rings (SSSR count). The Morgan fingerprint density at radius 2 is 2.13 bits per heavy atom. The molecule has 0 aliphatic heterocycles. The topological polar surface area (TPSA) is 41.5 Å². The molecular formula is C12H25NO2. The Morgan fingerprint density at radius 3 is 2.80 bits per heavy atom. The Labute approximate surface area is 93.2 Å². The standard InChI is InChI=1S/C12H25NO2/c1-9-4-5-10(2)12(6-9)13-7-11(14)8-15-3/h9-14H,4-8H2,1-3H3. The number of ether oxygens (including phenoxy) is 1. The second kappa shape index (κ2) is 6.46. The summed E-state index contributed by atoms with van der Waals surface area (Å²) in [7, 11) is 1.62. The van der Waals surface area contributed by atoms with Crippen LogP contribution in [0.25, 0.3) is 0 Å². The molecule has 0 aromatic heterocycles. The third-order valence-electron chi connectivity index (χ3n) is 3.43. The molecule has 0 aromatic carbocycles. The normalized spacial score (nSPS) is 34.0. The monoisotopic (exact) mass is 215 g/mol. The lowest BCUT2D eigenvalue weighted by molar-refractivity contribution is 0.0588. The second-order valence-electron chi connectivity index (χ2n) is 5.02. The highest BCUT2D eigenvalue weighted by Gasteiger charge is 2.25. The summed E-state index contributed by atoms with van der Waals surface area (Å²) in [6.45, 7) is 5.68. The van der Waals surface area contributed by atoms with Crippen LogP contribution in [0.2, 0.25) is 0 Å². The molecule has 0 spiro atoms. The van der Waals surface area contributed by atoms with Crippen molar-refractivity contribution < 1.29 is 9.84 Å². The highest BCUT2D eigenvalue weighted by atomic mass is 16.5. The van der Waals surface area contributed by atoms with Crippen LogP contribution < -0.4 is 5.32 Å². The predicted molar refractivity (Wildman–Crippen MR) is 61.9 cm³/mol. The molecule has 15 heavy (non-hydrogen) atoms. The summed E-state index contributed by atoms with van der Waals surface area (Å²) in [5.74, 6) is 1.55. The Morgan fingerprint density at radius 1 is 1.40 bits per heavy atom. The SMILES string of the molecule is COCC(O)CNC1CC(C)CCC1C. The van der Waals surface area contributed by atoms with E-state index in [9.17, 15) is 5.11 Å². The van der Waals surface area contributed by atoms with E-state index in [-0.39, 0.29) is 6.10 Å². The van der Waals surface area contributed by atoms with Crippen molar-refractivity contribution in [1.82, 2.24) is 5.32 Å². The molecule has 0 radical (unpaired) electrons. The van der Waals surface area contributed by atoms with E-state index in [0.717, 1.165) is 11.8 Å². The fraction of sp³-hybridized carbons (Fsp3) is 1.00. The van der Waals surface area contributed by atoms with Gasteiger partial charge >= 0.3 is 0 Å². The minimum Gasteiger partial charge on any atom is -0.389 e. The quantitative estimate of drug-likeness (QED) is 0.728. The first-order chi connectivity index (χ1) is 7.13. The second-order valence-corrected chi connectivity index (χ2v) is 5.02. The van der Waals surface area contributed by atoms with Crippen LogP contribution in [0.5, 0.6) is 0 Å². The molecule has 4 unspecified atom stereocenters. The summed E-state index contributed by atoms with van der Waals surface area (Å²) in [5.41, 5.74) is 0. The van der Waals surface area contributed by atoms with E-state index in [4.69, 9.17) is 4.74 Å². The van der Waals surface area contributed by atoms with Crippen LogP contribution in [0.4, 0.5) is 0 Å². The number of hydrogen-bond acceptors (Lipinski definition) is 3. The minimum absolute atomic E-state index is 0.376. The van der Waals surface area contributed by atoms with Gasteiger partial charge in [0.1, 0.15) is 0 Å². The Hall–Kier alpha value is -0.120. The largest absolute Gasteiger partial charge is 0.389 e. The van der Waals surface area contributed by atoms with Gasteiger partial charge in [0.25, 0.3) is 0 Å². The van der Waals surface area contributed by atoms with Gasteiger partial charge in [0.05, 0.1) is 12.7 Å². The summed E-state index contributed by atoms with van der Waals surface area (Å²) in [4.78, 5) is 0. The molecule has 1 aliphatic carbocycles. The van der Waals surface area contributed by atoms with Crippen molar-refractivity contribution in [2.45, 2.75) is 45.3 Å². The summed E-state index contributed by atoms with van der Waals surface area (Å²) >= 11 is 0. The van der Waals surface area contributed by atoms with Gasteiger partial charge in [-0.1, -0.05) is 20.3 Å². The van der Waals surface area contributed by atoms with E-state index < -0.39 is 0 Å². The van der Waals surface area contributed by atoms with Crippen molar-refractivity contribution in [1.29, 1.82) is 0 Å². The fourth-order valence-corrected chi connectivity index (χ4v) is 2.36.